The second-order valence-electron chi connectivity index (χ2n) is 3.90. The minimum absolute atomic E-state index is 0.867. The van der Waals surface area contributed by atoms with E-state index in [4.69, 9.17) is 5.73 Å². The van der Waals surface area contributed by atoms with Gasteiger partial charge in [-0.2, -0.15) is 0 Å². The molecule has 0 unspecified atom stereocenters. The van der Waals surface area contributed by atoms with Crippen LogP contribution in [0.15, 0.2) is 0 Å². The van der Waals surface area contributed by atoms with Gasteiger partial charge in [-0.25, -0.2) is 0 Å². The van der Waals surface area contributed by atoms with Crippen LogP contribution in [0.4, 0.5) is 0 Å². The number of hydrogen-bond acceptors (Lipinski definition) is 2. The van der Waals surface area contributed by atoms with Gasteiger partial charge in [0.2, 0.25) is 0 Å². The third-order valence-corrected chi connectivity index (χ3v) is 1.56. The van der Waals surface area contributed by atoms with Gasteiger partial charge in [-0.05, 0) is 34.1 Å². The van der Waals surface area contributed by atoms with Gasteiger partial charge in [-0.3, -0.25) is 0 Å². The SMILES string of the molecule is CCCCCCCCN.CN(C)C. The van der Waals surface area contributed by atoms with Gasteiger partial charge in [0, 0.05) is 0 Å². The van der Waals surface area contributed by atoms with E-state index in [2.05, 4.69) is 6.92 Å². The van der Waals surface area contributed by atoms with E-state index in [1.54, 1.807) is 0 Å². The van der Waals surface area contributed by atoms with Crippen molar-refractivity contribution >= 4 is 0 Å². The van der Waals surface area contributed by atoms with E-state index in [0.29, 0.717) is 0 Å². The molecule has 2 heteroatoms. The van der Waals surface area contributed by atoms with Crippen LogP contribution >= 0.6 is 0 Å². The lowest BCUT2D eigenvalue weighted by Gasteiger charge is -1.96. The highest BCUT2D eigenvalue weighted by Gasteiger charge is 1.85. The van der Waals surface area contributed by atoms with E-state index in [9.17, 15) is 0 Å². The molecule has 0 bridgehead atoms. The van der Waals surface area contributed by atoms with Crippen molar-refractivity contribution in [3.8, 4) is 0 Å². The first-order valence-corrected chi connectivity index (χ1v) is 5.46. The van der Waals surface area contributed by atoms with Crippen LogP contribution in [-0.4, -0.2) is 32.6 Å². The van der Waals surface area contributed by atoms with Crippen LogP contribution in [-0.2, 0) is 0 Å². The fourth-order valence-corrected chi connectivity index (χ4v) is 0.925. The zero-order valence-electron chi connectivity index (χ0n) is 9.97. The molecule has 0 heterocycles. The minimum atomic E-state index is 0.867. The zero-order chi connectivity index (χ0) is 10.5. The van der Waals surface area contributed by atoms with E-state index in [1.807, 2.05) is 26.0 Å². The molecule has 0 amide bonds. The molecule has 0 spiro atoms. The summed E-state index contributed by atoms with van der Waals surface area (Å²) in [6.45, 7) is 3.11. The molecule has 0 aliphatic heterocycles. The Kier molecular flexibility index (Phi) is 17.1. The third-order valence-electron chi connectivity index (χ3n) is 1.56. The maximum absolute atomic E-state index is 5.34. The van der Waals surface area contributed by atoms with E-state index in [0.717, 1.165) is 6.54 Å². The molecule has 0 atom stereocenters. The molecule has 0 rings (SSSR count). The Bertz CT molecular complexity index is 63.7. The summed E-state index contributed by atoms with van der Waals surface area (Å²) in [5.74, 6) is 0. The lowest BCUT2D eigenvalue weighted by atomic mass is 10.1. The summed E-state index contributed by atoms with van der Waals surface area (Å²) in [7, 11) is 6.00. The normalized spacial score (nSPS) is 9.69. The quantitative estimate of drug-likeness (QED) is 0.649. The number of unbranched alkanes of at least 4 members (excludes halogenated alkanes) is 5. The maximum Gasteiger partial charge on any atom is -0.00773 e. The largest absolute Gasteiger partial charge is 0.330 e. The molecule has 0 aromatic carbocycles. The Morgan fingerprint density at radius 3 is 1.62 bits per heavy atom. The third kappa shape index (κ3) is 33.5. The molecule has 0 aliphatic rings. The average molecular weight is 188 g/mol. The summed E-state index contributed by atoms with van der Waals surface area (Å²) in [4.78, 5) is 2.00. The van der Waals surface area contributed by atoms with Crippen LogP contribution < -0.4 is 5.73 Å². The van der Waals surface area contributed by atoms with Crippen molar-refractivity contribution in [2.45, 2.75) is 45.4 Å². The standard InChI is InChI=1S/C8H19N.C3H9N/c1-2-3-4-5-6-7-8-9;1-4(2)3/h2-9H2,1H3;1-3H3. The monoisotopic (exact) mass is 188 g/mol. The van der Waals surface area contributed by atoms with Crippen LogP contribution in [0.2, 0.25) is 0 Å². The maximum atomic E-state index is 5.34. The minimum Gasteiger partial charge on any atom is -0.330 e. The summed E-state index contributed by atoms with van der Waals surface area (Å²) in [6.07, 6.45) is 8.05. The van der Waals surface area contributed by atoms with Gasteiger partial charge in [0.15, 0.2) is 0 Å². The van der Waals surface area contributed by atoms with Crippen molar-refractivity contribution < 1.29 is 0 Å². The fraction of sp³-hybridized carbons (Fsp3) is 1.00. The van der Waals surface area contributed by atoms with Crippen LogP contribution in [0.25, 0.3) is 0 Å². The summed E-state index contributed by atoms with van der Waals surface area (Å²) in [5.41, 5.74) is 5.34. The molecule has 0 fully saturated rings. The highest BCUT2D eigenvalue weighted by Crippen LogP contribution is 2.03. The van der Waals surface area contributed by atoms with Crippen molar-refractivity contribution in [3.05, 3.63) is 0 Å². The molecule has 0 aliphatic carbocycles. The number of hydrogen-bond donors (Lipinski definition) is 1. The van der Waals surface area contributed by atoms with Gasteiger partial charge in [-0.1, -0.05) is 39.0 Å². The van der Waals surface area contributed by atoms with E-state index < -0.39 is 0 Å². The van der Waals surface area contributed by atoms with Crippen LogP contribution in [0.3, 0.4) is 0 Å². The van der Waals surface area contributed by atoms with Crippen molar-refractivity contribution in [2.24, 2.45) is 5.73 Å². The molecule has 2 N–H and O–H groups in total. The molecule has 13 heavy (non-hydrogen) atoms. The van der Waals surface area contributed by atoms with Crippen molar-refractivity contribution in [1.29, 1.82) is 0 Å². The summed E-state index contributed by atoms with van der Waals surface area (Å²) in [5, 5.41) is 0. The highest BCUT2D eigenvalue weighted by atomic mass is 15.0. The highest BCUT2D eigenvalue weighted by molar-refractivity contribution is 4.43. The Morgan fingerprint density at radius 1 is 0.846 bits per heavy atom. The van der Waals surface area contributed by atoms with E-state index in [-0.39, 0.29) is 0 Å². The first-order chi connectivity index (χ1) is 6.15. The zero-order valence-corrected chi connectivity index (χ0v) is 9.97. The van der Waals surface area contributed by atoms with Crippen molar-refractivity contribution in [1.82, 2.24) is 4.90 Å². The molecule has 0 radical (unpaired) electrons. The van der Waals surface area contributed by atoms with Gasteiger partial charge in [0.25, 0.3) is 0 Å². The van der Waals surface area contributed by atoms with Gasteiger partial charge in [0.1, 0.15) is 0 Å². The number of rotatable bonds is 6. The number of nitrogens with two attached hydrogens (primary N) is 1. The molecule has 0 saturated heterocycles. The van der Waals surface area contributed by atoms with Gasteiger partial charge < -0.3 is 10.6 Å². The van der Waals surface area contributed by atoms with Crippen molar-refractivity contribution in [3.63, 3.8) is 0 Å². The summed E-state index contributed by atoms with van der Waals surface area (Å²) >= 11 is 0. The Morgan fingerprint density at radius 2 is 1.23 bits per heavy atom. The van der Waals surface area contributed by atoms with Gasteiger partial charge in [0.05, 0.1) is 0 Å². The molecule has 0 aromatic heterocycles. The van der Waals surface area contributed by atoms with Crippen LogP contribution in [0.1, 0.15) is 45.4 Å². The second-order valence-corrected chi connectivity index (χ2v) is 3.90. The van der Waals surface area contributed by atoms with Gasteiger partial charge in [-0.15, -0.1) is 0 Å². The van der Waals surface area contributed by atoms with E-state index in [1.165, 1.54) is 38.5 Å². The second kappa shape index (κ2) is 14.4. The number of nitrogens with zero attached hydrogens (tertiary/aromatic N) is 1. The molecule has 0 saturated carbocycles. The molecular formula is C11H28N2. The predicted molar refractivity (Wildman–Crippen MR) is 62.0 cm³/mol. The first-order valence-electron chi connectivity index (χ1n) is 5.46. The first kappa shape index (κ1) is 15.4. The smallest absolute Gasteiger partial charge is 0.00773 e. The fourth-order valence-electron chi connectivity index (χ4n) is 0.925. The van der Waals surface area contributed by atoms with Gasteiger partial charge >= 0.3 is 0 Å². The molecule has 2 nitrogen and oxygen atoms in total. The van der Waals surface area contributed by atoms with Crippen LogP contribution in [0.5, 0.6) is 0 Å². The summed E-state index contributed by atoms with van der Waals surface area (Å²) in [6, 6.07) is 0. The van der Waals surface area contributed by atoms with Crippen LogP contribution in [0, 0.1) is 0 Å². The molecular weight excluding hydrogens is 160 g/mol. The van der Waals surface area contributed by atoms with E-state index >= 15 is 0 Å². The Hall–Kier alpha value is -0.0800. The molecule has 0 aromatic rings. The lowest BCUT2D eigenvalue weighted by Crippen LogP contribution is -1.99. The summed E-state index contributed by atoms with van der Waals surface area (Å²) < 4.78 is 0. The average Bonchev–Trinajstić information content (AvgIpc) is 2.03. The Labute approximate surface area is 84.5 Å². The lowest BCUT2D eigenvalue weighted by molar-refractivity contribution is 0.505. The van der Waals surface area contributed by atoms with Crippen molar-refractivity contribution in [2.75, 3.05) is 27.7 Å². The predicted octanol–water partition coefficient (Wildman–Crippen LogP) is 2.48. The molecule has 82 valence electrons. The Balaban J connectivity index is 0. The topological polar surface area (TPSA) is 29.3 Å².